The molecule has 0 spiro atoms. The van der Waals surface area contributed by atoms with E-state index in [0.717, 1.165) is 25.9 Å². The predicted molar refractivity (Wildman–Crippen MR) is 141 cm³/mol. The van der Waals surface area contributed by atoms with Crippen LogP contribution in [-0.4, -0.2) is 55.1 Å². The fraction of sp³-hybridized carbons (Fsp3) is 0.200. The first-order chi connectivity index (χ1) is 17.5. The zero-order valence-electron chi connectivity index (χ0n) is 20.5. The van der Waals surface area contributed by atoms with Gasteiger partial charge in [-0.25, -0.2) is 17.5 Å². The molecule has 0 aliphatic carbocycles. The summed E-state index contributed by atoms with van der Waals surface area (Å²) in [6, 6.07) is 12.5. The molecule has 2 aromatic carbocycles. The van der Waals surface area contributed by atoms with Gasteiger partial charge >= 0.3 is 5.97 Å². The van der Waals surface area contributed by atoms with E-state index >= 15 is 0 Å². The Kier molecular flexibility index (Phi) is 7.25. The second-order valence-electron chi connectivity index (χ2n) is 8.24. The minimum Gasteiger partial charge on any atom is -0.461 e. The maximum atomic E-state index is 13.5. The quantitative estimate of drug-likeness (QED) is 0.356. The maximum Gasteiger partial charge on any atom is 0.359 e. The van der Waals surface area contributed by atoms with Crippen LogP contribution in [0, 0.1) is 6.92 Å². The minimum absolute atomic E-state index is 0.0433. The third kappa shape index (κ3) is 5.03. The number of carbonyl (C=O) groups excluding carboxylic acids is 2. The number of nitrogens with one attached hydrogen (secondary N) is 1. The number of thiophene rings is 1. The van der Waals surface area contributed by atoms with Gasteiger partial charge in [0.25, 0.3) is 11.5 Å². The van der Waals surface area contributed by atoms with Crippen LogP contribution >= 0.6 is 11.3 Å². The molecule has 192 valence electrons. The van der Waals surface area contributed by atoms with E-state index in [1.165, 1.54) is 38.4 Å². The van der Waals surface area contributed by atoms with Crippen molar-refractivity contribution in [3.05, 3.63) is 81.1 Å². The summed E-state index contributed by atoms with van der Waals surface area (Å²) >= 11 is 1.07. The van der Waals surface area contributed by atoms with Crippen LogP contribution in [-0.2, 0) is 14.8 Å². The number of nitrogens with zero attached hydrogens (tertiary/aromatic N) is 3. The van der Waals surface area contributed by atoms with Crippen molar-refractivity contribution in [3.8, 4) is 5.69 Å². The highest BCUT2D eigenvalue weighted by molar-refractivity contribution is 7.89. The van der Waals surface area contributed by atoms with Gasteiger partial charge in [-0.3, -0.25) is 9.59 Å². The van der Waals surface area contributed by atoms with Crippen LogP contribution in [0.3, 0.4) is 0 Å². The van der Waals surface area contributed by atoms with Gasteiger partial charge in [0, 0.05) is 30.4 Å². The SMILES string of the molecule is CCOC(=O)c1nn(-c2ccc(C)cc2)c(=O)c2c(NC(=O)c3ccc(S(=O)(=O)N(C)C)cc3)scc12. The first kappa shape index (κ1) is 26.2. The normalized spacial score (nSPS) is 11.6. The number of esters is 1. The fourth-order valence-electron chi connectivity index (χ4n) is 3.52. The van der Waals surface area contributed by atoms with E-state index in [1.54, 1.807) is 24.4 Å². The summed E-state index contributed by atoms with van der Waals surface area (Å²) in [4.78, 5) is 39.2. The van der Waals surface area contributed by atoms with E-state index in [0.29, 0.717) is 5.69 Å². The lowest BCUT2D eigenvalue weighted by molar-refractivity contribution is 0.0520. The molecule has 10 nitrogen and oxygen atoms in total. The van der Waals surface area contributed by atoms with Gasteiger partial charge in [-0.1, -0.05) is 17.7 Å². The summed E-state index contributed by atoms with van der Waals surface area (Å²) in [5.41, 5.74) is 1.06. The monoisotopic (exact) mass is 540 g/mol. The van der Waals surface area contributed by atoms with E-state index in [9.17, 15) is 22.8 Å². The Hall–Kier alpha value is -3.87. The summed E-state index contributed by atoms with van der Waals surface area (Å²) < 4.78 is 31.9. The average molecular weight is 541 g/mol. The van der Waals surface area contributed by atoms with Gasteiger partial charge in [-0.05, 0) is 50.2 Å². The molecule has 2 aromatic heterocycles. The van der Waals surface area contributed by atoms with E-state index in [4.69, 9.17) is 4.74 Å². The molecule has 0 atom stereocenters. The summed E-state index contributed by atoms with van der Waals surface area (Å²) in [6.07, 6.45) is 0. The molecule has 2 heterocycles. The van der Waals surface area contributed by atoms with Gasteiger partial charge in [0.2, 0.25) is 10.0 Å². The maximum absolute atomic E-state index is 13.5. The molecule has 12 heteroatoms. The Morgan fingerprint density at radius 1 is 1.08 bits per heavy atom. The Labute approximate surface area is 217 Å². The van der Waals surface area contributed by atoms with Crippen molar-refractivity contribution in [1.29, 1.82) is 0 Å². The Morgan fingerprint density at radius 2 is 1.73 bits per heavy atom. The van der Waals surface area contributed by atoms with Gasteiger partial charge in [0.05, 0.1) is 22.6 Å². The van der Waals surface area contributed by atoms with Crippen molar-refractivity contribution < 1.29 is 22.7 Å². The summed E-state index contributed by atoms with van der Waals surface area (Å²) in [6.45, 7) is 3.69. The number of aryl methyl sites for hydroxylation is 1. The number of rotatable bonds is 7. The van der Waals surface area contributed by atoms with Crippen LogP contribution in [0.5, 0.6) is 0 Å². The smallest absolute Gasteiger partial charge is 0.359 e. The van der Waals surface area contributed by atoms with Crippen LogP contribution in [0.15, 0.2) is 63.6 Å². The van der Waals surface area contributed by atoms with Crippen LogP contribution in [0.4, 0.5) is 5.00 Å². The van der Waals surface area contributed by atoms with Gasteiger partial charge in [0.15, 0.2) is 5.69 Å². The number of hydrogen-bond donors (Lipinski definition) is 1. The third-order valence-electron chi connectivity index (χ3n) is 5.52. The number of carbonyl (C=O) groups is 2. The number of benzene rings is 2. The van der Waals surface area contributed by atoms with Crippen molar-refractivity contribution >= 4 is 49.0 Å². The molecule has 1 amide bonds. The second-order valence-corrected chi connectivity index (χ2v) is 11.3. The number of aromatic nitrogens is 2. The first-order valence-corrected chi connectivity index (χ1v) is 13.5. The molecule has 0 saturated carbocycles. The van der Waals surface area contributed by atoms with E-state index < -0.39 is 27.5 Å². The van der Waals surface area contributed by atoms with Crippen LogP contribution in [0.2, 0.25) is 0 Å². The number of fused-ring (bicyclic) bond motifs is 1. The van der Waals surface area contributed by atoms with Gasteiger partial charge in [-0.15, -0.1) is 11.3 Å². The van der Waals surface area contributed by atoms with Crippen molar-refractivity contribution in [2.75, 3.05) is 26.0 Å². The lowest BCUT2D eigenvalue weighted by atomic mass is 10.2. The lowest BCUT2D eigenvalue weighted by Gasteiger charge is -2.12. The molecular formula is C25H24N4O6S2. The van der Waals surface area contributed by atoms with Crippen molar-refractivity contribution in [1.82, 2.24) is 14.1 Å². The Balaban J connectivity index is 1.78. The molecule has 0 bridgehead atoms. The number of hydrogen-bond acceptors (Lipinski definition) is 8. The molecule has 4 rings (SSSR count). The minimum atomic E-state index is -3.65. The Morgan fingerprint density at radius 3 is 2.32 bits per heavy atom. The summed E-state index contributed by atoms with van der Waals surface area (Å²) in [5.74, 6) is -1.24. The van der Waals surface area contributed by atoms with Crippen molar-refractivity contribution in [2.45, 2.75) is 18.7 Å². The van der Waals surface area contributed by atoms with Crippen molar-refractivity contribution in [3.63, 3.8) is 0 Å². The third-order valence-corrected chi connectivity index (χ3v) is 8.25. The van der Waals surface area contributed by atoms with Gasteiger partial charge in [0.1, 0.15) is 5.00 Å². The highest BCUT2D eigenvalue weighted by Crippen LogP contribution is 2.31. The molecule has 0 fully saturated rings. The number of ether oxygens (including phenoxy) is 1. The zero-order chi connectivity index (χ0) is 26.9. The molecule has 0 saturated heterocycles. The molecule has 0 radical (unpaired) electrons. The molecule has 37 heavy (non-hydrogen) atoms. The van der Waals surface area contributed by atoms with E-state index in [-0.39, 0.29) is 38.5 Å². The van der Waals surface area contributed by atoms with Gasteiger partial charge < -0.3 is 10.1 Å². The highest BCUT2D eigenvalue weighted by atomic mass is 32.2. The Bertz CT molecular complexity index is 1650. The topological polar surface area (TPSA) is 128 Å². The first-order valence-electron chi connectivity index (χ1n) is 11.2. The van der Waals surface area contributed by atoms with Crippen LogP contribution < -0.4 is 10.9 Å². The summed E-state index contributed by atoms with van der Waals surface area (Å²) in [7, 11) is -0.812. The van der Waals surface area contributed by atoms with E-state index in [2.05, 4.69) is 10.4 Å². The summed E-state index contributed by atoms with van der Waals surface area (Å²) in [5, 5.41) is 9.17. The standard InChI is InChI=1S/C25H24N4O6S2/c1-5-35-25(32)21-19-14-36-23(20(19)24(31)29(27-21)17-10-6-15(2)7-11-17)26-22(30)16-8-12-18(13-9-16)37(33,34)28(3)4/h6-14H,5H2,1-4H3,(H,26,30). The number of sulfonamides is 1. The molecule has 0 aliphatic heterocycles. The molecule has 0 aliphatic rings. The second kappa shape index (κ2) is 10.2. The molecular weight excluding hydrogens is 516 g/mol. The number of anilines is 1. The molecule has 0 unspecified atom stereocenters. The zero-order valence-corrected chi connectivity index (χ0v) is 22.1. The predicted octanol–water partition coefficient (Wildman–Crippen LogP) is 3.43. The average Bonchev–Trinajstić information content (AvgIpc) is 3.29. The van der Waals surface area contributed by atoms with Gasteiger partial charge in [-0.2, -0.15) is 9.78 Å². The molecule has 1 N–H and O–H groups in total. The van der Waals surface area contributed by atoms with Crippen LogP contribution in [0.25, 0.3) is 16.5 Å². The van der Waals surface area contributed by atoms with E-state index in [1.807, 2.05) is 19.1 Å². The lowest BCUT2D eigenvalue weighted by Crippen LogP contribution is -2.25. The molecule has 4 aromatic rings. The van der Waals surface area contributed by atoms with Crippen LogP contribution in [0.1, 0.15) is 33.3 Å². The highest BCUT2D eigenvalue weighted by Gasteiger charge is 2.24. The fourth-order valence-corrected chi connectivity index (χ4v) is 5.35. The number of amides is 1. The van der Waals surface area contributed by atoms with Crippen molar-refractivity contribution in [2.24, 2.45) is 0 Å². The largest absolute Gasteiger partial charge is 0.461 e.